The minimum Gasteiger partial charge on any atom is -0.489 e. The van der Waals surface area contributed by atoms with Gasteiger partial charge in [-0.2, -0.15) is 0 Å². The first-order valence-electron chi connectivity index (χ1n) is 10.3. The molecule has 0 aromatic heterocycles. The van der Waals surface area contributed by atoms with E-state index in [0.717, 1.165) is 36.8 Å². The van der Waals surface area contributed by atoms with Crippen molar-refractivity contribution >= 4 is 29.3 Å². The van der Waals surface area contributed by atoms with Crippen molar-refractivity contribution in [3.05, 3.63) is 71.2 Å². The second kappa shape index (κ2) is 8.96. The number of hydrogen-bond donors (Lipinski definition) is 0. The molecule has 2 aromatic carbocycles. The van der Waals surface area contributed by atoms with Gasteiger partial charge in [-0.25, -0.2) is 4.39 Å². The van der Waals surface area contributed by atoms with Gasteiger partial charge in [0.15, 0.2) is 5.11 Å². The second-order valence-electron chi connectivity index (χ2n) is 7.83. The van der Waals surface area contributed by atoms with Gasteiger partial charge in [-0.15, -0.1) is 0 Å². The van der Waals surface area contributed by atoms with Crippen molar-refractivity contribution < 1.29 is 13.9 Å². The highest BCUT2D eigenvalue weighted by Crippen LogP contribution is 2.30. The summed E-state index contributed by atoms with van der Waals surface area (Å²) in [5, 5.41) is 0.591. The molecular formula is C24H25FN2O2S. The molecule has 0 unspecified atom stereocenters. The van der Waals surface area contributed by atoms with Crippen molar-refractivity contribution in [2.45, 2.75) is 44.8 Å². The molecule has 2 aromatic rings. The van der Waals surface area contributed by atoms with Crippen LogP contribution in [0.1, 0.15) is 43.2 Å². The highest BCUT2D eigenvalue weighted by Gasteiger charge is 2.40. The Bertz CT molecular complexity index is 967. The first-order valence-corrected chi connectivity index (χ1v) is 10.7. The third kappa shape index (κ3) is 4.38. The van der Waals surface area contributed by atoms with Gasteiger partial charge < -0.3 is 9.64 Å². The van der Waals surface area contributed by atoms with E-state index in [1.54, 1.807) is 15.9 Å². The van der Waals surface area contributed by atoms with Crippen LogP contribution in [0.4, 0.5) is 4.39 Å². The van der Waals surface area contributed by atoms with Crippen molar-refractivity contribution in [1.82, 2.24) is 9.80 Å². The molecule has 0 N–H and O–H groups in total. The summed E-state index contributed by atoms with van der Waals surface area (Å²) in [7, 11) is 1.85. The number of nitrogens with zero attached hydrogens (tertiary/aromatic N) is 2. The van der Waals surface area contributed by atoms with E-state index >= 15 is 0 Å². The Morgan fingerprint density at radius 1 is 1.13 bits per heavy atom. The van der Waals surface area contributed by atoms with Crippen molar-refractivity contribution in [2.24, 2.45) is 0 Å². The molecule has 4 rings (SSSR count). The van der Waals surface area contributed by atoms with Crippen LogP contribution in [0.5, 0.6) is 5.75 Å². The van der Waals surface area contributed by atoms with Gasteiger partial charge in [0.05, 0.1) is 0 Å². The Hall–Kier alpha value is -2.73. The third-order valence-electron chi connectivity index (χ3n) is 5.71. The van der Waals surface area contributed by atoms with Crippen molar-refractivity contribution in [3.8, 4) is 5.75 Å². The fraction of sp³-hybridized carbons (Fsp3) is 0.333. The lowest BCUT2D eigenvalue weighted by atomic mass is 9.94. The molecule has 4 nitrogen and oxygen atoms in total. The van der Waals surface area contributed by atoms with E-state index in [-0.39, 0.29) is 17.8 Å². The number of carbonyl (C=O) groups excluding carboxylic acids is 1. The monoisotopic (exact) mass is 424 g/mol. The van der Waals surface area contributed by atoms with Gasteiger partial charge in [-0.1, -0.05) is 43.5 Å². The van der Waals surface area contributed by atoms with Crippen LogP contribution in [0.2, 0.25) is 0 Å². The Morgan fingerprint density at radius 2 is 1.87 bits per heavy atom. The summed E-state index contributed by atoms with van der Waals surface area (Å²) >= 11 is 5.57. The van der Waals surface area contributed by atoms with E-state index in [1.807, 2.05) is 43.5 Å². The molecule has 2 fully saturated rings. The van der Waals surface area contributed by atoms with E-state index < -0.39 is 0 Å². The highest BCUT2D eigenvalue weighted by molar-refractivity contribution is 7.80. The fourth-order valence-corrected chi connectivity index (χ4v) is 4.38. The molecule has 1 aliphatic carbocycles. The van der Waals surface area contributed by atoms with Crippen LogP contribution in [-0.4, -0.2) is 33.9 Å². The van der Waals surface area contributed by atoms with Crippen molar-refractivity contribution in [3.63, 3.8) is 0 Å². The smallest absolute Gasteiger partial charge is 0.277 e. The number of hydrogen-bond acceptors (Lipinski definition) is 3. The second-order valence-corrected chi connectivity index (χ2v) is 8.19. The molecular weight excluding hydrogens is 399 g/mol. The molecule has 1 amide bonds. The Labute approximate surface area is 181 Å². The van der Waals surface area contributed by atoms with Gasteiger partial charge in [0.25, 0.3) is 5.91 Å². The molecule has 1 heterocycles. The zero-order valence-electron chi connectivity index (χ0n) is 17.0. The quantitative estimate of drug-likeness (QED) is 0.492. The number of amides is 1. The van der Waals surface area contributed by atoms with E-state index in [2.05, 4.69) is 0 Å². The van der Waals surface area contributed by atoms with Crippen LogP contribution in [0, 0.1) is 5.82 Å². The van der Waals surface area contributed by atoms with E-state index in [4.69, 9.17) is 17.0 Å². The number of halogens is 1. The number of thiocarbonyl (C=S) groups is 1. The maximum atomic E-state index is 13.3. The standard InChI is InChI=1S/C24H25FN2O2S/c1-26-22(23(28)27(24(26)30)20-8-3-2-4-9-20)15-17-10-12-21(13-11-17)29-16-18-6-5-7-19(25)14-18/h5-7,10-15,20H,2-4,8-9,16H2,1H3/b22-15-. The van der Waals surface area contributed by atoms with Gasteiger partial charge in [-0.05, 0) is 66.5 Å². The molecule has 2 aliphatic rings. The maximum absolute atomic E-state index is 13.3. The predicted molar refractivity (Wildman–Crippen MR) is 119 cm³/mol. The van der Waals surface area contributed by atoms with E-state index in [9.17, 15) is 9.18 Å². The Balaban J connectivity index is 1.44. The number of benzene rings is 2. The van der Waals surface area contributed by atoms with Crippen LogP contribution in [0.3, 0.4) is 0 Å². The van der Waals surface area contributed by atoms with Crippen LogP contribution < -0.4 is 4.74 Å². The molecule has 0 bridgehead atoms. The lowest BCUT2D eigenvalue weighted by Gasteiger charge is -2.30. The fourth-order valence-electron chi connectivity index (χ4n) is 4.05. The molecule has 1 saturated heterocycles. The highest BCUT2D eigenvalue weighted by atomic mass is 32.1. The number of ether oxygens (including phenoxy) is 1. The molecule has 6 heteroatoms. The largest absolute Gasteiger partial charge is 0.489 e. The van der Waals surface area contributed by atoms with Crippen LogP contribution in [-0.2, 0) is 11.4 Å². The summed E-state index contributed by atoms with van der Waals surface area (Å²) in [5.74, 6) is 0.399. The summed E-state index contributed by atoms with van der Waals surface area (Å²) in [4.78, 5) is 16.7. The number of carbonyl (C=O) groups is 1. The molecule has 1 saturated carbocycles. The Kier molecular flexibility index (Phi) is 6.13. The summed E-state index contributed by atoms with van der Waals surface area (Å²) in [5.41, 5.74) is 2.27. The van der Waals surface area contributed by atoms with Gasteiger partial charge in [0, 0.05) is 13.1 Å². The first kappa shape index (κ1) is 20.5. The number of likely N-dealkylation sites (N-methyl/N-ethyl adjacent to an activating group) is 1. The zero-order valence-corrected chi connectivity index (χ0v) is 17.8. The number of rotatable bonds is 5. The summed E-state index contributed by atoms with van der Waals surface area (Å²) in [6, 6.07) is 14.1. The summed E-state index contributed by atoms with van der Waals surface area (Å²) < 4.78 is 19.0. The van der Waals surface area contributed by atoms with Crippen LogP contribution >= 0.6 is 12.2 Å². The van der Waals surface area contributed by atoms with Gasteiger partial charge >= 0.3 is 0 Å². The Morgan fingerprint density at radius 3 is 2.57 bits per heavy atom. The molecule has 0 spiro atoms. The lowest BCUT2D eigenvalue weighted by Crippen LogP contribution is -2.41. The van der Waals surface area contributed by atoms with Crippen molar-refractivity contribution in [1.29, 1.82) is 0 Å². The van der Waals surface area contributed by atoms with Gasteiger partial charge in [-0.3, -0.25) is 9.69 Å². The van der Waals surface area contributed by atoms with E-state index in [0.29, 0.717) is 23.2 Å². The maximum Gasteiger partial charge on any atom is 0.277 e. The molecule has 1 aliphatic heterocycles. The third-order valence-corrected chi connectivity index (χ3v) is 6.18. The molecule has 156 valence electrons. The van der Waals surface area contributed by atoms with Crippen LogP contribution in [0.15, 0.2) is 54.2 Å². The average molecular weight is 425 g/mol. The summed E-state index contributed by atoms with van der Waals surface area (Å²) in [6.07, 6.45) is 7.44. The van der Waals surface area contributed by atoms with Crippen molar-refractivity contribution in [2.75, 3.05) is 7.05 Å². The first-order chi connectivity index (χ1) is 14.5. The minimum atomic E-state index is -0.274. The average Bonchev–Trinajstić information content (AvgIpc) is 2.97. The zero-order chi connectivity index (χ0) is 21.1. The lowest BCUT2D eigenvalue weighted by molar-refractivity contribution is -0.124. The van der Waals surface area contributed by atoms with E-state index in [1.165, 1.54) is 18.6 Å². The minimum absolute atomic E-state index is 0.0131. The molecule has 30 heavy (non-hydrogen) atoms. The molecule has 0 radical (unpaired) electrons. The van der Waals surface area contributed by atoms with Gasteiger partial charge in [0.2, 0.25) is 0 Å². The predicted octanol–water partition coefficient (Wildman–Crippen LogP) is 5.14. The van der Waals surface area contributed by atoms with Gasteiger partial charge in [0.1, 0.15) is 23.9 Å². The van der Waals surface area contributed by atoms with Crippen LogP contribution in [0.25, 0.3) is 6.08 Å². The summed E-state index contributed by atoms with van der Waals surface area (Å²) in [6.45, 7) is 0.296. The topological polar surface area (TPSA) is 32.8 Å². The SMILES string of the molecule is CN1C(=S)N(C2CCCCC2)C(=O)/C1=C/c1ccc(OCc2cccc(F)c2)cc1. The molecule has 0 atom stereocenters. The normalized spacial score (nSPS) is 19.1.